The molecule has 4 rings (SSSR count). The summed E-state index contributed by atoms with van der Waals surface area (Å²) in [5.74, 6) is -0.648. The van der Waals surface area contributed by atoms with Crippen molar-refractivity contribution in [3.8, 4) is 0 Å². The Morgan fingerprint density at radius 1 is 1.07 bits per heavy atom. The van der Waals surface area contributed by atoms with E-state index in [9.17, 15) is 19.2 Å². The Bertz CT molecular complexity index is 1060. The molecule has 1 aromatic carbocycles. The number of imidazole rings is 1. The first kappa shape index (κ1) is 20.4. The molecule has 0 unspecified atom stereocenters. The monoisotopic (exact) mass is 413 g/mol. The molecule has 1 atom stereocenters. The van der Waals surface area contributed by atoms with Crippen molar-refractivity contribution in [1.29, 1.82) is 0 Å². The fourth-order valence-electron chi connectivity index (χ4n) is 4.99. The molecule has 2 amide bonds. The van der Waals surface area contributed by atoms with Crippen LogP contribution in [0.1, 0.15) is 56.6 Å². The van der Waals surface area contributed by atoms with Crippen molar-refractivity contribution in [2.75, 3.05) is 0 Å². The van der Waals surface area contributed by atoms with E-state index >= 15 is 0 Å². The quantitative estimate of drug-likeness (QED) is 0.730. The van der Waals surface area contributed by atoms with Crippen LogP contribution in [-0.4, -0.2) is 32.0 Å². The zero-order valence-corrected chi connectivity index (χ0v) is 17.1. The van der Waals surface area contributed by atoms with Crippen LogP contribution in [0.15, 0.2) is 23.0 Å². The maximum atomic E-state index is 12.9. The standard InChI is InChI=1S/C22H27N3O5/c1-24-18-11-15(10-13-2-4-14(5-3-13)12-20(27)28)6-7-16(18)25(22(24)30)17-8-9-19(26)23-21(17)29/h6-7,11,13-14,17H,2-5,8-10,12H2,1H3,(H,27,28)(H,23,26,29)/t13-,14+,17-/m1/s1. The maximum Gasteiger partial charge on any atom is 0.329 e. The molecular weight excluding hydrogens is 386 g/mol. The number of carbonyl (C=O) groups is 3. The normalized spacial score (nSPS) is 24.8. The summed E-state index contributed by atoms with van der Waals surface area (Å²) in [6, 6.07) is 5.25. The van der Waals surface area contributed by atoms with Crippen LogP contribution < -0.4 is 11.0 Å². The van der Waals surface area contributed by atoms with E-state index in [0.717, 1.165) is 43.2 Å². The van der Waals surface area contributed by atoms with Gasteiger partial charge in [0.1, 0.15) is 6.04 Å². The highest BCUT2D eigenvalue weighted by Crippen LogP contribution is 2.33. The van der Waals surface area contributed by atoms with Crippen LogP contribution in [0.5, 0.6) is 0 Å². The first-order chi connectivity index (χ1) is 14.3. The number of aryl methyl sites for hydroxylation is 1. The van der Waals surface area contributed by atoms with Crippen LogP contribution in [0.2, 0.25) is 0 Å². The zero-order chi connectivity index (χ0) is 21.4. The number of hydrogen-bond donors (Lipinski definition) is 2. The zero-order valence-electron chi connectivity index (χ0n) is 17.1. The first-order valence-electron chi connectivity index (χ1n) is 10.6. The van der Waals surface area contributed by atoms with Gasteiger partial charge in [0, 0.05) is 19.9 Å². The van der Waals surface area contributed by atoms with Crippen molar-refractivity contribution >= 4 is 28.8 Å². The van der Waals surface area contributed by atoms with Gasteiger partial charge in [-0.15, -0.1) is 0 Å². The van der Waals surface area contributed by atoms with Gasteiger partial charge in [0.15, 0.2) is 0 Å². The number of hydrogen-bond acceptors (Lipinski definition) is 4. The molecule has 2 aromatic rings. The summed E-state index contributed by atoms with van der Waals surface area (Å²) in [6.45, 7) is 0. The second-order valence-electron chi connectivity index (χ2n) is 8.69. The number of nitrogens with zero attached hydrogens (tertiary/aromatic N) is 2. The largest absolute Gasteiger partial charge is 0.481 e. The molecule has 8 heteroatoms. The van der Waals surface area contributed by atoms with Crippen molar-refractivity contribution in [1.82, 2.24) is 14.5 Å². The number of fused-ring (bicyclic) bond motifs is 1. The molecular formula is C22H27N3O5. The Hall–Kier alpha value is -2.90. The average Bonchev–Trinajstić information content (AvgIpc) is 2.94. The summed E-state index contributed by atoms with van der Waals surface area (Å²) in [7, 11) is 1.70. The van der Waals surface area contributed by atoms with Gasteiger partial charge in [-0.3, -0.25) is 28.8 Å². The third-order valence-electron chi connectivity index (χ3n) is 6.63. The summed E-state index contributed by atoms with van der Waals surface area (Å²) in [6.07, 6.45) is 5.64. The minimum atomic E-state index is -0.717. The van der Waals surface area contributed by atoms with E-state index in [2.05, 4.69) is 5.32 Å². The van der Waals surface area contributed by atoms with Gasteiger partial charge in [-0.25, -0.2) is 4.79 Å². The number of piperidine rings is 1. The summed E-state index contributed by atoms with van der Waals surface area (Å²) >= 11 is 0. The molecule has 1 aromatic heterocycles. The smallest absolute Gasteiger partial charge is 0.329 e. The number of amides is 2. The number of carboxylic acid groups (broad SMARTS) is 1. The van der Waals surface area contributed by atoms with Crippen LogP contribution in [0.25, 0.3) is 11.0 Å². The van der Waals surface area contributed by atoms with Crippen LogP contribution >= 0.6 is 0 Å². The fourth-order valence-corrected chi connectivity index (χ4v) is 4.99. The molecule has 2 aliphatic rings. The number of aromatic nitrogens is 2. The predicted octanol–water partition coefficient (Wildman–Crippen LogP) is 2.14. The molecule has 30 heavy (non-hydrogen) atoms. The molecule has 2 fully saturated rings. The first-order valence-corrected chi connectivity index (χ1v) is 10.6. The predicted molar refractivity (Wildman–Crippen MR) is 110 cm³/mol. The fraction of sp³-hybridized carbons (Fsp3) is 0.545. The topological polar surface area (TPSA) is 110 Å². The van der Waals surface area contributed by atoms with Crippen LogP contribution in [-0.2, 0) is 27.9 Å². The number of carbonyl (C=O) groups excluding carboxylic acids is 2. The molecule has 160 valence electrons. The number of rotatable bonds is 5. The lowest BCUT2D eigenvalue weighted by Gasteiger charge is -2.27. The highest BCUT2D eigenvalue weighted by Gasteiger charge is 2.31. The summed E-state index contributed by atoms with van der Waals surface area (Å²) in [5.41, 5.74) is 2.36. The number of nitrogens with one attached hydrogen (secondary N) is 1. The van der Waals surface area contributed by atoms with Crippen LogP contribution in [0, 0.1) is 11.8 Å². The Balaban J connectivity index is 1.54. The van der Waals surface area contributed by atoms with Crippen molar-refractivity contribution in [2.45, 2.75) is 57.4 Å². The van der Waals surface area contributed by atoms with Crippen molar-refractivity contribution in [3.63, 3.8) is 0 Å². The molecule has 0 spiro atoms. The maximum absolute atomic E-state index is 12.9. The van der Waals surface area contributed by atoms with E-state index in [-0.39, 0.29) is 30.4 Å². The van der Waals surface area contributed by atoms with Gasteiger partial charge in [-0.05, 0) is 68.1 Å². The second kappa shape index (κ2) is 8.08. The average molecular weight is 413 g/mol. The van der Waals surface area contributed by atoms with E-state index in [1.807, 2.05) is 18.2 Å². The van der Waals surface area contributed by atoms with Gasteiger partial charge >= 0.3 is 11.7 Å². The molecule has 0 radical (unpaired) electrons. The summed E-state index contributed by atoms with van der Waals surface area (Å²) in [5, 5.41) is 11.3. The molecule has 1 aliphatic carbocycles. The summed E-state index contributed by atoms with van der Waals surface area (Å²) < 4.78 is 3.06. The lowest BCUT2D eigenvalue weighted by Crippen LogP contribution is -2.44. The van der Waals surface area contributed by atoms with Gasteiger partial charge in [-0.1, -0.05) is 6.07 Å². The van der Waals surface area contributed by atoms with Crippen molar-refractivity contribution in [3.05, 3.63) is 34.2 Å². The van der Waals surface area contributed by atoms with Gasteiger partial charge < -0.3 is 5.11 Å². The Labute approximate surface area is 173 Å². The van der Waals surface area contributed by atoms with E-state index in [0.29, 0.717) is 17.9 Å². The minimum Gasteiger partial charge on any atom is -0.481 e. The van der Waals surface area contributed by atoms with Gasteiger partial charge in [-0.2, -0.15) is 0 Å². The van der Waals surface area contributed by atoms with Gasteiger partial charge in [0.05, 0.1) is 11.0 Å². The minimum absolute atomic E-state index is 0.224. The third-order valence-corrected chi connectivity index (χ3v) is 6.63. The number of imide groups is 1. The van der Waals surface area contributed by atoms with Gasteiger partial charge in [0.2, 0.25) is 11.8 Å². The molecule has 2 N–H and O–H groups in total. The molecule has 8 nitrogen and oxygen atoms in total. The number of aliphatic carboxylic acids is 1. The lowest BCUT2D eigenvalue weighted by molar-refractivity contribution is -0.138. The van der Waals surface area contributed by atoms with Crippen LogP contribution in [0.4, 0.5) is 0 Å². The SMILES string of the molecule is Cn1c(=O)n([C@@H]2CCC(=O)NC2=O)c2ccc(C[C@H]3CC[C@@H](CC(=O)O)CC3)cc21. The molecule has 1 saturated heterocycles. The van der Waals surface area contributed by atoms with E-state index < -0.39 is 17.9 Å². The van der Waals surface area contributed by atoms with Crippen molar-refractivity contribution in [2.24, 2.45) is 18.9 Å². The lowest BCUT2D eigenvalue weighted by atomic mass is 9.78. The third kappa shape index (κ3) is 3.91. The molecule has 0 bridgehead atoms. The molecule has 2 heterocycles. The van der Waals surface area contributed by atoms with E-state index in [1.165, 1.54) is 4.57 Å². The number of benzene rings is 1. The Morgan fingerprint density at radius 2 is 1.77 bits per heavy atom. The molecule has 1 saturated carbocycles. The molecule has 1 aliphatic heterocycles. The van der Waals surface area contributed by atoms with E-state index in [4.69, 9.17) is 5.11 Å². The Kier molecular flexibility index (Phi) is 5.49. The second-order valence-corrected chi connectivity index (χ2v) is 8.69. The van der Waals surface area contributed by atoms with E-state index in [1.54, 1.807) is 11.6 Å². The van der Waals surface area contributed by atoms with Crippen molar-refractivity contribution < 1.29 is 19.5 Å². The highest BCUT2D eigenvalue weighted by molar-refractivity contribution is 6.00. The highest BCUT2D eigenvalue weighted by atomic mass is 16.4. The van der Waals surface area contributed by atoms with Crippen LogP contribution in [0.3, 0.4) is 0 Å². The van der Waals surface area contributed by atoms with Gasteiger partial charge in [0.25, 0.3) is 0 Å². The Morgan fingerprint density at radius 3 is 2.43 bits per heavy atom. The summed E-state index contributed by atoms with van der Waals surface area (Å²) in [4.78, 5) is 47.5. The number of carboxylic acids is 1.